The summed E-state index contributed by atoms with van der Waals surface area (Å²) in [5.41, 5.74) is 7.54. The van der Waals surface area contributed by atoms with Crippen LogP contribution in [-0.2, 0) is 0 Å². The fourth-order valence-corrected chi connectivity index (χ4v) is 10.5. The second-order valence-corrected chi connectivity index (χ2v) is 15.4. The Kier molecular flexibility index (Phi) is 6.09. The number of fused-ring (bicyclic) bond motifs is 9. The van der Waals surface area contributed by atoms with E-state index in [2.05, 4.69) is 170 Å². The van der Waals surface area contributed by atoms with Gasteiger partial charge in [-0.2, -0.15) is 0 Å². The number of rotatable bonds is 3. The Morgan fingerprint density at radius 3 is 1.50 bits per heavy atom. The Hall–Kier alpha value is -5.80. The number of thiophene rings is 2. The summed E-state index contributed by atoms with van der Waals surface area (Å²) in [5, 5.41) is 13.1. The fraction of sp³-hybridized carbons (Fsp3) is 0. The van der Waals surface area contributed by atoms with Crippen molar-refractivity contribution < 1.29 is 0 Å². The molecule has 11 aromatic rings. The molecule has 232 valence electrons. The minimum Gasteiger partial charge on any atom is -0.135 e. The molecule has 0 fully saturated rings. The van der Waals surface area contributed by atoms with Gasteiger partial charge in [-0.25, -0.2) is 0 Å². The summed E-state index contributed by atoms with van der Waals surface area (Å²) < 4.78 is 5.43. The van der Waals surface area contributed by atoms with Gasteiger partial charge in [0.05, 0.1) is 0 Å². The average molecular weight is 669 g/mol. The van der Waals surface area contributed by atoms with Crippen molar-refractivity contribution in [3.05, 3.63) is 170 Å². The van der Waals surface area contributed by atoms with Crippen LogP contribution < -0.4 is 0 Å². The standard InChI is InChI=1S/C48H28S2/c1-2-11-29(12-3-1)47-36-16-4-6-18-38(36)48(39-19-7-5-17-37(39)47)33-14-10-13-30(23-33)31-21-22-32-25-40-42-27-41-35-15-8-9-20-43(35)49-45(41)28-46(42)50-44(40)26-34(32)24-31/h1-28H. The highest BCUT2D eigenvalue weighted by molar-refractivity contribution is 7.28. The van der Waals surface area contributed by atoms with E-state index in [-0.39, 0.29) is 0 Å². The van der Waals surface area contributed by atoms with Gasteiger partial charge in [-0.15, -0.1) is 22.7 Å². The third-order valence-corrected chi connectivity index (χ3v) is 12.7. The Morgan fingerprint density at radius 2 is 0.760 bits per heavy atom. The molecule has 0 aliphatic carbocycles. The monoisotopic (exact) mass is 668 g/mol. The van der Waals surface area contributed by atoms with Crippen LogP contribution in [0.25, 0.3) is 106 Å². The van der Waals surface area contributed by atoms with Crippen LogP contribution in [0.15, 0.2) is 170 Å². The molecule has 0 saturated heterocycles. The van der Waals surface area contributed by atoms with Crippen LogP contribution in [-0.4, -0.2) is 0 Å². The molecule has 0 unspecified atom stereocenters. The highest BCUT2D eigenvalue weighted by atomic mass is 32.1. The SMILES string of the molecule is c1ccc(-c2c3ccccc3c(-c3cccc(-c4ccc5cc6c(cc5c4)sc4cc5sc7ccccc7c5cc46)c3)c3ccccc23)cc1. The minimum atomic E-state index is 1.23. The Balaban J connectivity index is 1.07. The summed E-state index contributed by atoms with van der Waals surface area (Å²) in [7, 11) is 0. The first-order valence-electron chi connectivity index (χ1n) is 17.1. The largest absolute Gasteiger partial charge is 0.135 e. The van der Waals surface area contributed by atoms with E-state index in [0.29, 0.717) is 0 Å². The van der Waals surface area contributed by atoms with Crippen molar-refractivity contribution in [2.45, 2.75) is 0 Å². The zero-order chi connectivity index (χ0) is 32.8. The van der Waals surface area contributed by atoms with Crippen LogP contribution in [0.5, 0.6) is 0 Å². The maximum atomic E-state index is 2.42. The van der Waals surface area contributed by atoms with E-state index in [4.69, 9.17) is 0 Å². The molecule has 0 amide bonds. The molecule has 0 atom stereocenters. The maximum absolute atomic E-state index is 2.42. The lowest BCUT2D eigenvalue weighted by Gasteiger charge is -2.18. The molecule has 0 radical (unpaired) electrons. The minimum absolute atomic E-state index is 1.23. The summed E-state index contributed by atoms with van der Waals surface area (Å²) in [6.07, 6.45) is 0. The van der Waals surface area contributed by atoms with Gasteiger partial charge in [0, 0.05) is 40.3 Å². The molecule has 2 heterocycles. The van der Waals surface area contributed by atoms with Gasteiger partial charge < -0.3 is 0 Å². The first kappa shape index (κ1) is 28.1. The Labute approximate surface area is 297 Å². The quantitative estimate of drug-likeness (QED) is 0.164. The number of benzene rings is 9. The van der Waals surface area contributed by atoms with E-state index in [9.17, 15) is 0 Å². The normalized spacial score (nSPS) is 12.0. The Morgan fingerprint density at radius 1 is 0.240 bits per heavy atom. The molecule has 0 saturated carbocycles. The van der Waals surface area contributed by atoms with Crippen molar-refractivity contribution in [3.8, 4) is 33.4 Å². The van der Waals surface area contributed by atoms with Crippen molar-refractivity contribution >= 4 is 95.3 Å². The lowest BCUT2D eigenvalue weighted by Crippen LogP contribution is -1.91. The van der Waals surface area contributed by atoms with Gasteiger partial charge in [-0.1, -0.05) is 127 Å². The topological polar surface area (TPSA) is 0 Å². The van der Waals surface area contributed by atoms with Gasteiger partial charge in [-0.05, 0) is 108 Å². The third-order valence-electron chi connectivity index (χ3n) is 10.4. The molecular formula is C48H28S2. The van der Waals surface area contributed by atoms with Crippen LogP contribution in [0, 0.1) is 0 Å². The van der Waals surface area contributed by atoms with Gasteiger partial charge in [0.15, 0.2) is 0 Å². The van der Waals surface area contributed by atoms with Crippen molar-refractivity contribution in [3.63, 3.8) is 0 Å². The smallest absolute Gasteiger partial charge is 0.0369 e. The van der Waals surface area contributed by atoms with Crippen LogP contribution in [0.2, 0.25) is 0 Å². The van der Waals surface area contributed by atoms with Crippen LogP contribution in [0.3, 0.4) is 0 Å². The first-order valence-corrected chi connectivity index (χ1v) is 18.7. The average Bonchev–Trinajstić information content (AvgIpc) is 3.71. The molecular weight excluding hydrogens is 641 g/mol. The molecule has 2 aromatic heterocycles. The molecule has 0 N–H and O–H groups in total. The lowest BCUT2D eigenvalue weighted by atomic mass is 9.85. The lowest BCUT2D eigenvalue weighted by molar-refractivity contribution is 1.63. The van der Waals surface area contributed by atoms with Gasteiger partial charge >= 0.3 is 0 Å². The summed E-state index contributed by atoms with van der Waals surface area (Å²) in [6, 6.07) is 63.1. The molecule has 0 aliphatic rings. The summed E-state index contributed by atoms with van der Waals surface area (Å²) in [6.45, 7) is 0. The van der Waals surface area contributed by atoms with Crippen LogP contribution in [0.1, 0.15) is 0 Å². The first-order chi connectivity index (χ1) is 24.8. The van der Waals surface area contributed by atoms with Gasteiger partial charge in [-0.3, -0.25) is 0 Å². The van der Waals surface area contributed by atoms with E-state index in [1.165, 1.54) is 106 Å². The van der Waals surface area contributed by atoms with Gasteiger partial charge in [0.1, 0.15) is 0 Å². The van der Waals surface area contributed by atoms with Gasteiger partial charge in [0.2, 0.25) is 0 Å². The number of hydrogen-bond acceptors (Lipinski definition) is 2. The molecule has 2 heteroatoms. The molecule has 50 heavy (non-hydrogen) atoms. The molecule has 0 bridgehead atoms. The highest BCUT2D eigenvalue weighted by Gasteiger charge is 2.17. The molecule has 9 aromatic carbocycles. The molecule has 0 spiro atoms. The van der Waals surface area contributed by atoms with Gasteiger partial charge in [0.25, 0.3) is 0 Å². The second kappa shape index (κ2) is 10.9. The summed E-state index contributed by atoms with van der Waals surface area (Å²) >= 11 is 3.81. The second-order valence-electron chi connectivity index (χ2n) is 13.2. The molecule has 11 rings (SSSR count). The molecule has 0 nitrogen and oxygen atoms in total. The van der Waals surface area contributed by atoms with E-state index in [1.54, 1.807) is 0 Å². The summed E-state index contributed by atoms with van der Waals surface area (Å²) in [4.78, 5) is 0. The fourth-order valence-electron chi connectivity index (χ4n) is 8.13. The predicted octanol–water partition coefficient (Wildman–Crippen LogP) is 14.9. The van der Waals surface area contributed by atoms with Crippen molar-refractivity contribution in [1.82, 2.24) is 0 Å². The number of hydrogen-bond donors (Lipinski definition) is 0. The zero-order valence-electron chi connectivity index (χ0n) is 27.0. The van der Waals surface area contributed by atoms with E-state index >= 15 is 0 Å². The summed E-state index contributed by atoms with van der Waals surface area (Å²) in [5.74, 6) is 0. The van der Waals surface area contributed by atoms with E-state index < -0.39 is 0 Å². The van der Waals surface area contributed by atoms with Crippen molar-refractivity contribution in [1.29, 1.82) is 0 Å². The van der Waals surface area contributed by atoms with Crippen molar-refractivity contribution in [2.24, 2.45) is 0 Å². The van der Waals surface area contributed by atoms with E-state index in [0.717, 1.165) is 0 Å². The maximum Gasteiger partial charge on any atom is 0.0369 e. The Bertz CT molecular complexity index is 3080. The third kappa shape index (κ3) is 4.23. The van der Waals surface area contributed by atoms with Crippen LogP contribution in [0.4, 0.5) is 0 Å². The van der Waals surface area contributed by atoms with Crippen LogP contribution >= 0.6 is 22.7 Å². The molecule has 0 aliphatic heterocycles. The van der Waals surface area contributed by atoms with Crippen molar-refractivity contribution in [2.75, 3.05) is 0 Å². The van der Waals surface area contributed by atoms with E-state index in [1.807, 2.05) is 22.7 Å². The highest BCUT2D eigenvalue weighted by Crippen LogP contribution is 2.45. The zero-order valence-corrected chi connectivity index (χ0v) is 28.6. The predicted molar refractivity (Wildman–Crippen MR) is 221 cm³/mol.